The monoisotopic (exact) mass is 202 g/mol. The number of fused-ring (bicyclic) bond motifs is 1. The van der Waals surface area contributed by atoms with Crippen molar-refractivity contribution >= 4 is 16.8 Å². The number of halogens is 3. The van der Waals surface area contributed by atoms with E-state index in [4.69, 9.17) is 5.73 Å². The highest BCUT2D eigenvalue weighted by Gasteiger charge is 2.37. The van der Waals surface area contributed by atoms with Crippen molar-refractivity contribution in [2.24, 2.45) is 0 Å². The molecule has 74 valence electrons. The van der Waals surface area contributed by atoms with E-state index in [0.717, 1.165) is 0 Å². The average molecular weight is 202 g/mol. The molecule has 1 aromatic heterocycles. The number of oxazole rings is 1. The molecule has 0 saturated heterocycles. The number of anilines is 1. The summed E-state index contributed by atoms with van der Waals surface area (Å²) in [5, 5.41) is 0. The van der Waals surface area contributed by atoms with Crippen LogP contribution in [-0.2, 0) is 6.18 Å². The maximum atomic E-state index is 12.2. The molecular weight excluding hydrogens is 197 g/mol. The summed E-state index contributed by atoms with van der Waals surface area (Å²) in [6.45, 7) is 0. The maximum absolute atomic E-state index is 12.2. The van der Waals surface area contributed by atoms with Crippen molar-refractivity contribution in [2.75, 3.05) is 5.73 Å². The summed E-state index contributed by atoms with van der Waals surface area (Å²) in [6.07, 6.45) is -4.58. The first-order valence-corrected chi connectivity index (χ1v) is 3.71. The molecule has 0 saturated carbocycles. The number of benzene rings is 1. The molecule has 0 aliphatic carbocycles. The van der Waals surface area contributed by atoms with Crippen LogP contribution >= 0.6 is 0 Å². The number of hydrogen-bond donors (Lipinski definition) is 1. The SMILES string of the molecule is Nc1cccc2nc(C(F)(F)F)oc12. The number of nitrogens with two attached hydrogens (primary N) is 1. The Hall–Kier alpha value is -1.72. The summed E-state index contributed by atoms with van der Waals surface area (Å²) in [5.74, 6) is -1.27. The van der Waals surface area contributed by atoms with Gasteiger partial charge in [0.25, 0.3) is 0 Å². The van der Waals surface area contributed by atoms with Gasteiger partial charge in [-0.25, -0.2) is 4.98 Å². The second kappa shape index (κ2) is 2.63. The minimum absolute atomic E-state index is 0.0279. The highest BCUT2D eigenvalue weighted by atomic mass is 19.4. The van der Waals surface area contributed by atoms with Crippen molar-refractivity contribution in [3.05, 3.63) is 24.1 Å². The zero-order valence-electron chi connectivity index (χ0n) is 6.80. The molecule has 2 N–H and O–H groups in total. The minimum atomic E-state index is -4.58. The molecule has 2 aromatic rings. The fourth-order valence-corrected chi connectivity index (χ4v) is 1.09. The summed E-state index contributed by atoms with van der Waals surface area (Å²) in [4.78, 5) is 3.27. The zero-order chi connectivity index (χ0) is 10.3. The van der Waals surface area contributed by atoms with Gasteiger partial charge >= 0.3 is 12.1 Å². The Bertz CT molecular complexity index is 475. The topological polar surface area (TPSA) is 52.0 Å². The maximum Gasteiger partial charge on any atom is 0.468 e. The number of alkyl halides is 3. The number of rotatable bonds is 0. The quantitative estimate of drug-likeness (QED) is 0.667. The molecule has 6 heteroatoms. The van der Waals surface area contributed by atoms with Crippen molar-refractivity contribution in [3.63, 3.8) is 0 Å². The second-order valence-corrected chi connectivity index (χ2v) is 2.71. The molecule has 0 aliphatic rings. The standard InChI is InChI=1S/C8H5F3N2O/c9-8(10,11)7-13-5-3-1-2-4(12)6(5)14-7/h1-3H,12H2. The number of nitrogens with zero attached hydrogens (tertiary/aromatic N) is 1. The van der Waals surface area contributed by atoms with Crippen molar-refractivity contribution in [1.29, 1.82) is 0 Å². The first-order valence-electron chi connectivity index (χ1n) is 3.71. The van der Waals surface area contributed by atoms with E-state index in [1.165, 1.54) is 18.2 Å². The summed E-state index contributed by atoms with van der Waals surface area (Å²) in [5.41, 5.74) is 5.64. The highest BCUT2D eigenvalue weighted by molar-refractivity contribution is 5.84. The van der Waals surface area contributed by atoms with Gasteiger partial charge in [0.15, 0.2) is 5.58 Å². The minimum Gasteiger partial charge on any atom is -0.431 e. The van der Waals surface area contributed by atoms with E-state index in [-0.39, 0.29) is 16.8 Å². The largest absolute Gasteiger partial charge is 0.468 e. The summed E-state index contributed by atoms with van der Waals surface area (Å²) >= 11 is 0. The molecule has 2 rings (SSSR count). The van der Waals surface area contributed by atoms with Gasteiger partial charge in [0.1, 0.15) is 5.52 Å². The van der Waals surface area contributed by atoms with E-state index in [2.05, 4.69) is 9.40 Å². The van der Waals surface area contributed by atoms with E-state index < -0.39 is 12.1 Å². The van der Waals surface area contributed by atoms with E-state index in [9.17, 15) is 13.2 Å². The molecule has 0 aliphatic heterocycles. The van der Waals surface area contributed by atoms with Crippen molar-refractivity contribution in [1.82, 2.24) is 4.98 Å². The molecule has 1 heterocycles. The Kier molecular flexibility index (Phi) is 1.67. The van der Waals surface area contributed by atoms with Crippen molar-refractivity contribution in [3.8, 4) is 0 Å². The summed E-state index contributed by atoms with van der Waals surface area (Å²) < 4.78 is 41.0. The predicted octanol–water partition coefficient (Wildman–Crippen LogP) is 2.43. The van der Waals surface area contributed by atoms with Gasteiger partial charge in [-0.15, -0.1) is 0 Å². The first-order chi connectivity index (χ1) is 6.48. The molecule has 14 heavy (non-hydrogen) atoms. The molecule has 0 spiro atoms. The number of aromatic nitrogens is 1. The van der Waals surface area contributed by atoms with Crippen LogP contribution in [0.15, 0.2) is 22.6 Å². The third kappa shape index (κ3) is 1.28. The van der Waals surface area contributed by atoms with Gasteiger partial charge in [0.2, 0.25) is 0 Å². The lowest BCUT2D eigenvalue weighted by Gasteiger charge is -1.97. The van der Waals surface area contributed by atoms with Gasteiger partial charge in [0, 0.05) is 0 Å². The van der Waals surface area contributed by atoms with Crippen LogP contribution in [-0.4, -0.2) is 4.98 Å². The van der Waals surface area contributed by atoms with Gasteiger partial charge in [-0.1, -0.05) is 6.07 Å². The molecule has 3 nitrogen and oxygen atoms in total. The lowest BCUT2D eigenvalue weighted by atomic mass is 10.3. The number of para-hydroxylation sites is 1. The summed E-state index contributed by atoms with van der Waals surface area (Å²) in [7, 11) is 0. The molecule has 0 atom stereocenters. The van der Waals surface area contributed by atoms with Crippen LogP contribution in [0.1, 0.15) is 5.89 Å². The molecule has 0 radical (unpaired) electrons. The smallest absolute Gasteiger partial charge is 0.431 e. The molecule has 0 bridgehead atoms. The van der Waals surface area contributed by atoms with Crippen LogP contribution < -0.4 is 5.73 Å². The zero-order valence-corrected chi connectivity index (χ0v) is 6.80. The molecule has 1 aromatic carbocycles. The predicted molar refractivity (Wildman–Crippen MR) is 43.4 cm³/mol. The third-order valence-corrected chi connectivity index (χ3v) is 1.69. The van der Waals surface area contributed by atoms with Crippen LogP contribution in [0.4, 0.5) is 18.9 Å². The van der Waals surface area contributed by atoms with Gasteiger partial charge in [-0.05, 0) is 12.1 Å². The van der Waals surface area contributed by atoms with Crippen LogP contribution in [0.5, 0.6) is 0 Å². The molecular formula is C8H5F3N2O. The van der Waals surface area contributed by atoms with Crippen LogP contribution in [0.2, 0.25) is 0 Å². The average Bonchev–Trinajstić information content (AvgIpc) is 2.48. The fourth-order valence-electron chi connectivity index (χ4n) is 1.09. The Morgan fingerprint density at radius 2 is 2.00 bits per heavy atom. The molecule has 0 fully saturated rings. The number of nitrogen functional groups attached to an aromatic ring is 1. The Labute approximate surface area is 76.3 Å². The highest BCUT2D eigenvalue weighted by Crippen LogP contribution is 2.32. The molecule has 0 amide bonds. The second-order valence-electron chi connectivity index (χ2n) is 2.71. The van der Waals surface area contributed by atoms with E-state index in [1.54, 1.807) is 0 Å². The van der Waals surface area contributed by atoms with E-state index >= 15 is 0 Å². The van der Waals surface area contributed by atoms with Gasteiger partial charge in [-0.2, -0.15) is 13.2 Å². The normalized spacial score (nSPS) is 12.2. The third-order valence-electron chi connectivity index (χ3n) is 1.69. The van der Waals surface area contributed by atoms with Gasteiger partial charge in [-0.3, -0.25) is 0 Å². The van der Waals surface area contributed by atoms with Gasteiger partial charge in [0.05, 0.1) is 5.69 Å². The van der Waals surface area contributed by atoms with Gasteiger partial charge < -0.3 is 10.2 Å². The summed E-state index contributed by atoms with van der Waals surface area (Å²) in [6, 6.07) is 4.37. The van der Waals surface area contributed by atoms with Crippen LogP contribution in [0, 0.1) is 0 Å². The van der Waals surface area contributed by atoms with Crippen LogP contribution in [0.25, 0.3) is 11.1 Å². The van der Waals surface area contributed by atoms with E-state index in [0.29, 0.717) is 0 Å². The van der Waals surface area contributed by atoms with Crippen LogP contribution in [0.3, 0.4) is 0 Å². The Morgan fingerprint density at radius 3 is 2.57 bits per heavy atom. The lowest BCUT2D eigenvalue weighted by molar-refractivity contribution is -0.156. The fraction of sp³-hybridized carbons (Fsp3) is 0.125. The number of hydrogen-bond acceptors (Lipinski definition) is 3. The first kappa shape index (κ1) is 8.86. The Morgan fingerprint density at radius 1 is 1.29 bits per heavy atom. The van der Waals surface area contributed by atoms with Crippen molar-refractivity contribution < 1.29 is 17.6 Å². The lowest BCUT2D eigenvalue weighted by Crippen LogP contribution is -2.04. The Balaban J connectivity index is 2.69. The molecule has 0 unspecified atom stereocenters. The van der Waals surface area contributed by atoms with E-state index in [1.807, 2.05) is 0 Å². The van der Waals surface area contributed by atoms with Crippen molar-refractivity contribution in [2.45, 2.75) is 6.18 Å².